The van der Waals surface area contributed by atoms with Crippen LogP contribution in [0.1, 0.15) is 17.3 Å². The molecule has 0 atom stereocenters. The van der Waals surface area contributed by atoms with Gasteiger partial charge in [-0.3, -0.25) is 14.9 Å². The average molecular weight is 223 g/mol. The Labute approximate surface area is 90.6 Å². The summed E-state index contributed by atoms with van der Waals surface area (Å²) >= 11 is 0. The number of rotatable bonds is 3. The molecule has 2 N–H and O–H groups in total. The Morgan fingerprint density at radius 2 is 2.00 bits per heavy atom. The van der Waals surface area contributed by atoms with Crippen molar-refractivity contribution < 1.29 is 19.9 Å². The summed E-state index contributed by atoms with van der Waals surface area (Å²) in [6.45, 7) is 4.84. The lowest BCUT2D eigenvalue weighted by Gasteiger charge is -2.03. The Morgan fingerprint density at radius 1 is 1.44 bits per heavy atom. The van der Waals surface area contributed by atoms with Crippen LogP contribution in [0.25, 0.3) is 0 Å². The van der Waals surface area contributed by atoms with Gasteiger partial charge >= 0.3 is 5.69 Å². The quantitative estimate of drug-likeness (QED) is 0.267. The molecule has 0 bridgehead atoms. The van der Waals surface area contributed by atoms with Crippen molar-refractivity contribution >= 4 is 11.5 Å². The molecule has 0 aromatic heterocycles. The van der Waals surface area contributed by atoms with Gasteiger partial charge in [0.25, 0.3) is 0 Å². The van der Waals surface area contributed by atoms with Gasteiger partial charge in [0.05, 0.1) is 4.92 Å². The maximum atomic E-state index is 11.5. The predicted molar refractivity (Wildman–Crippen MR) is 55.6 cm³/mol. The lowest BCUT2D eigenvalue weighted by Crippen LogP contribution is -2.01. The largest absolute Gasteiger partial charge is 0.504 e. The van der Waals surface area contributed by atoms with Crippen molar-refractivity contribution in [2.45, 2.75) is 6.92 Å². The van der Waals surface area contributed by atoms with Gasteiger partial charge in [0, 0.05) is 11.6 Å². The first-order valence-corrected chi connectivity index (χ1v) is 4.25. The molecule has 0 heterocycles. The van der Waals surface area contributed by atoms with Crippen LogP contribution in [0.2, 0.25) is 0 Å². The summed E-state index contributed by atoms with van der Waals surface area (Å²) in [5, 5.41) is 28.9. The van der Waals surface area contributed by atoms with Crippen molar-refractivity contribution in [3.63, 3.8) is 0 Å². The van der Waals surface area contributed by atoms with Crippen LogP contribution in [-0.2, 0) is 0 Å². The summed E-state index contributed by atoms with van der Waals surface area (Å²) in [7, 11) is 0. The van der Waals surface area contributed by atoms with Crippen molar-refractivity contribution in [1.82, 2.24) is 0 Å². The molecule has 1 aromatic rings. The highest BCUT2D eigenvalue weighted by molar-refractivity contribution is 6.08. The summed E-state index contributed by atoms with van der Waals surface area (Å²) in [5.41, 5.74) is -0.626. The van der Waals surface area contributed by atoms with E-state index in [1.807, 2.05) is 0 Å². The van der Waals surface area contributed by atoms with Crippen LogP contribution in [0.5, 0.6) is 11.5 Å². The second-order valence-corrected chi connectivity index (χ2v) is 3.23. The number of nitro benzene ring substituents is 1. The standard InChI is InChI=1S/C10H9NO5/c1-5(2)9(13)6-3-7(11(15)16)10(14)8(12)4-6/h3-4,12,14H,1H2,2H3. The Bertz CT molecular complexity index is 492. The second-order valence-electron chi connectivity index (χ2n) is 3.23. The summed E-state index contributed by atoms with van der Waals surface area (Å²) in [4.78, 5) is 21.1. The summed E-state index contributed by atoms with van der Waals surface area (Å²) in [6.07, 6.45) is 0. The minimum Gasteiger partial charge on any atom is -0.504 e. The fourth-order valence-corrected chi connectivity index (χ4v) is 1.12. The number of allylic oxidation sites excluding steroid dienone is 1. The van der Waals surface area contributed by atoms with E-state index >= 15 is 0 Å². The number of phenolic OH excluding ortho intramolecular Hbond substituents is 2. The molecular formula is C10H9NO5. The first kappa shape index (κ1) is 11.7. The number of nitrogens with zero attached hydrogens (tertiary/aromatic N) is 1. The van der Waals surface area contributed by atoms with Gasteiger partial charge in [0.15, 0.2) is 11.5 Å². The van der Waals surface area contributed by atoms with E-state index in [2.05, 4.69) is 6.58 Å². The highest BCUT2D eigenvalue weighted by atomic mass is 16.6. The number of aromatic hydroxyl groups is 2. The smallest absolute Gasteiger partial charge is 0.315 e. The monoisotopic (exact) mass is 223 g/mol. The molecular weight excluding hydrogens is 214 g/mol. The van der Waals surface area contributed by atoms with Gasteiger partial charge in [-0.2, -0.15) is 0 Å². The molecule has 16 heavy (non-hydrogen) atoms. The van der Waals surface area contributed by atoms with Gasteiger partial charge < -0.3 is 10.2 Å². The lowest BCUT2D eigenvalue weighted by molar-refractivity contribution is -0.386. The van der Waals surface area contributed by atoms with Crippen LogP contribution in [0.15, 0.2) is 24.3 Å². The van der Waals surface area contributed by atoms with E-state index in [0.29, 0.717) is 0 Å². The lowest BCUT2D eigenvalue weighted by atomic mass is 10.0. The second kappa shape index (κ2) is 4.01. The first-order chi connectivity index (χ1) is 7.34. The van der Waals surface area contributed by atoms with Crippen molar-refractivity contribution in [2.75, 3.05) is 0 Å². The first-order valence-electron chi connectivity index (χ1n) is 4.25. The Morgan fingerprint density at radius 3 is 2.44 bits per heavy atom. The van der Waals surface area contributed by atoms with Crippen LogP contribution in [0, 0.1) is 10.1 Å². The molecule has 0 saturated heterocycles. The molecule has 0 unspecified atom stereocenters. The molecule has 84 valence electrons. The van der Waals surface area contributed by atoms with Gasteiger partial charge in [0.2, 0.25) is 5.75 Å². The van der Waals surface area contributed by atoms with Gasteiger partial charge in [-0.15, -0.1) is 0 Å². The predicted octanol–water partition coefficient (Wildman–Crippen LogP) is 1.76. The van der Waals surface area contributed by atoms with Crippen molar-refractivity contribution in [1.29, 1.82) is 0 Å². The molecule has 0 fully saturated rings. The van der Waals surface area contributed by atoms with Crippen LogP contribution in [-0.4, -0.2) is 20.9 Å². The topological polar surface area (TPSA) is 101 Å². The van der Waals surface area contributed by atoms with E-state index in [1.165, 1.54) is 6.92 Å². The zero-order chi connectivity index (χ0) is 12.5. The summed E-state index contributed by atoms with van der Waals surface area (Å²) < 4.78 is 0. The molecule has 0 aliphatic heterocycles. The van der Waals surface area contributed by atoms with E-state index in [9.17, 15) is 25.1 Å². The van der Waals surface area contributed by atoms with Crippen molar-refractivity contribution in [3.05, 3.63) is 40.0 Å². The Kier molecular flexibility index (Phi) is 2.94. The van der Waals surface area contributed by atoms with E-state index < -0.39 is 27.9 Å². The molecule has 1 aromatic carbocycles. The molecule has 0 aliphatic carbocycles. The molecule has 0 saturated carbocycles. The van der Waals surface area contributed by atoms with Gasteiger partial charge in [0.1, 0.15) is 0 Å². The highest BCUT2D eigenvalue weighted by Crippen LogP contribution is 2.36. The Balaban J connectivity index is 3.40. The van der Waals surface area contributed by atoms with Crippen LogP contribution < -0.4 is 0 Å². The molecule has 6 nitrogen and oxygen atoms in total. The molecule has 1 rings (SSSR count). The van der Waals surface area contributed by atoms with Crippen LogP contribution in [0.3, 0.4) is 0 Å². The number of carbonyl (C=O) groups excluding carboxylic acids is 1. The summed E-state index contributed by atoms with van der Waals surface area (Å²) in [5.74, 6) is -2.10. The van der Waals surface area contributed by atoms with E-state index in [-0.39, 0.29) is 11.1 Å². The Hall–Kier alpha value is -2.37. The normalized spacial score (nSPS) is 9.81. The number of Topliss-reactive ketones (excluding diaryl/α,β-unsaturated/α-hetero) is 1. The number of phenols is 2. The van der Waals surface area contributed by atoms with Gasteiger partial charge in [-0.25, -0.2) is 0 Å². The maximum Gasteiger partial charge on any atom is 0.315 e. The van der Waals surface area contributed by atoms with E-state index in [4.69, 9.17) is 0 Å². The fourth-order valence-electron chi connectivity index (χ4n) is 1.12. The zero-order valence-corrected chi connectivity index (χ0v) is 8.43. The van der Waals surface area contributed by atoms with Crippen LogP contribution >= 0.6 is 0 Å². The third-order valence-electron chi connectivity index (χ3n) is 1.92. The third kappa shape index (κ3) is 2.00. The SMILES string of the molecule is C=C(C)C(=O)c1cc(O)c(O)c([N+](=O)[O-])c1. The van der Waals surface area contributed by atoms with Crippen molar-refractivity contribution in [2.24, 2.45) is 0 Å². The van der Waals surface area contributed by atoms with E-state index in [1.54, 1.807) is 0 Å². The number of benzene rings is 1. The fraction of sp³-hybridized carbons (Fsp3) is 0.100. The van der Waals surface area contributed by atoms with Gasteiger partial charge in [-0.1, -0.05) is 6.58 Å². The number of ketones is 1. The summed E-state index contributed by atoms with van der Waals surface area (Å²) in [6, 6.07) is 1.85. The van der Waals surface area contributed by atoms with Gasteiger partial charge in [-0.05, 0) is 18.6 Å². The van der Waals surface area contributed by atoms with Crippen LogP contribution in [0.4, 0.5) is 5.69 Å². The average Bonchev–Trinajstić information content (AvgIpc) is 2.20. The zero-order valence-electron chi connectivity index (χ0n) is 8.43. The number of hydrogen-bond donors (Lipinski definition) is 2. The van der Waals surface area contributed by atoms with E-state index in [0.717, 1.165) is 12.1 Å². The minimum atomic E-state index is -0.885. The molecule has 6 heteroatoms. The van der Waals surface area contributed by atoms with Crippen molar-refractivity contribution in [3.8, 4) is 11.5 Å². The number of carbonyl (C=O) groups is 1. The minimum absolute atomic E-state index is 0.0884. The number of nitro groups is 1. The molecule has 0 amide bonds. The maximum absolute atomic E-state index is 11.5. The third-order valence-corrected chi connectivity index (χ3v) is 1.92. The number of hydrogen-bond acceptors (Lipinski definition) is 5. The highest BCUT2D eigenvalue weighted by Gasteiger charge is 2.21. The molecule has 0 spiro atoms. The molecule has 0 aliphatic rings. The molecule has 0 radical (unpaired) electrons.